The molecule has 2 nitrogen and oxygen atoms in total. The van der Waals surface area contributed by atoms with Gasteiger partial charge in [0.1, 0.15) is 0 Å². The molecule has 1 N–H and O–H groups in total. The van der Waals surface area contributed by atoms with E-state index in [1.54, 1.807) is 11.3 Å². The summed E-state index contributed by atoms with van der Waals surface area (Å²) in [6.45, 7) is 11.1. The van der Waals surface area contributed by atoms with Gasteiger partial charge in [-0.05, 0) is 26.8 Å². The molecule has 3 heteroatoms. The average Bonchev–Trinajstić information content (AvgIpc) is 2.47. The van der Waals surface area contributed by atoms with Crippen molar-refractivity contribution in [1.82, 2.24) is 10.3 Å². The molecule has 1 aromatic rings. The maximum Gasteiger partial charge on any atom is 0.0900 e. The maximum atomic E-state index is 4.42. The number of hydrogen-bond acceptors (Lipinski definition) is 3. The first-order chi connectivity index (χ1) is 6.69. The quantitative estimate of drug-likeness (QED) is 0.756. The highest BCUT2D eigenvalue weighted by Crippen LogP contribution is 2.25. The normalized spacial score (nSPS) is 12.8. The average molecular weight is 210 g/mol. The van der Waals surface area contributed by atoms with Gasteiger partial charge in [0.15, 0.2) is 0 Å². The van der Waals surface area contributed by atoms with Crippen LogP contribution >= 0.6 is 11.3 Å². The summed E-state index contributed by atoms with van der Waals surface area (Å²) in [4.78, 5) is 5.72. The highest BCUT2D eigenvalue weighted by Gasteiger charge is 2.12. The molecule has 0 saturated heterocycles. The monoisotopic (exact) mass is 210 g/mol. The van der Waals surface area contributed by atoms with Crippen LogP contribution in [0, 0.1) is 13.8 Å². The van der Waals surface area contributed by atoms with E-state index >= 15 is 0 Å². The number of thiazole rings is 1. The van der Waals surface area contributed by atoms with Crippen molar-refractivity contribution in [3.8, 4) is 0 Å². The first-order valence-corrected chi connectivity index (χ1v) is 5.80. The molecule has 1 aromatic heterocycles. The zero-order chi connectivity index (χ0) is 10.6. The minimum absolute atomic E-state index is 0.265. The van der Waals surface area contributed by atoms with Crippen LogP contribution in [0.2, 0.25) is 0 Å². The summed E-state index contributed by atoms with van der Waals surface area (Å²) in [5.74, 6) is 0. The smallest absolute Gasteiger partial charge is 0.0900 e. The Morgan fingerprint density at radius 1 is 1.57 bits per heavy atom. The van der Waals surface area contributed by atoms with Crippen molar-refractivity contribution in [2.75, 3.05) is 6.54 Å². The van der Waals surface area contributed by atoms with E-state index in [9.17, 15) is 0 Å². The molecule has 0 aromatic carbocycles. The lowest BCUT2D eigenvalue weighted by Crippen LogP contribution is -2.19. The van der Waals surface area contributed by atoms with Gasteiger partial charge in [-0.15, -0.1) is 17.9 Å². The Labute approximate surface area is 90.1 Å². The number of nitrogens with one attached hydrogen (secondary N) is 1. The van der Waals surface area contributed by atoms with Crippen LogP contribution in [0.1, 0.15) is 35.0 Å². The number of nitrogens with zero attached hydrogens (tertiary/aromatic N) is 1. The summed E-state index contributed by atoms with van der Waals surface area (Å²) in [6, 6.07) is 0.265. The van der Waals surface area contributed by atoms with Gasteiger partial charge in [-0.25, -0.2) is 4.98 Å². The lowest BCUT2D eigenvalue weighted by molar-refractivity contribution is 0.617. The van der Waals surface area contributed by atoms with Gasteiger partial charge in [-0.1, -0.05) is 13.0 Å². The van der Waals surface area contributed by atoms with Crippen molar-refractivity contribution in [2.45, 2.75) is 33.2 Å². The summed E-state index contributed by atoms with van der Waals surface area (Å²) in [6.07, 6.45) is 3.09. The summed E-state index contributed by atoms with van der Waals surface area (Å²) in [5, 5.41) is 4.57. The minimum atomic E-state index is 0.265. The van der Waals surface area contributed by atoms with Gasteiger partial charge in [-0.2, -0.15) is 0 Å². The Morgan fingerprint density at radius 3 is 2.71 bits per heavy atom. The second kappa shape index (κ2) is 5.27. The van der Waals surface area contributed by atoms with Crippen molar-refractivity contribution in [1.29, 1.82) is 0 Å². The highest BCUT2D eigenvalue weighted by molar-refractivity contribution is 7.11. The molecule has 0 aliphatic heterocycles. The van der Waals surface area contributed by atoms with Crippen LogP contribution in [-0.4, -0.2) is 11.5 Å². The molecule has 0 radical (unpaired) electrons. The second-order valence-electron chi connectivity index (χ2n) is 3.35. The molecule has 0 aliphatic carbocycles. The summed E-state index contributed by atoms with van der Waals surface area (Å²) < 4.78 is 0. The molecular weight excluding hydrogens is 192 g/mol. The molecule has 0 aliphatic rings. The largest absolute Gasteiger partial charge is 0.306 e. The predicted octanol–water partition coefficient (Wildman–Crippen LogP) is 2.99. The zero-order valence-corrected chi connectivity index (χ0v) is 9.95. The van der Waals surface area contributed by atoms with E-state index in [1.807, 2.05) is 13.0 Å². The fraction of sp³-hybridized carbons (Fsp3) is 0.545. The van der Waals surface area contributed by atoms with Crippen LogP contribution in [0.5, 0.6) is 0 Å². The lowest BCUT2D eigenvalue weighted by atomic mass is 10.2. The van der Waals surface area contributed by atoms with Crippen molar-refractivity contribution in [3.05, 3.63) is 28.2 Å². The van der Waals surface area contributed by atoms with Gasteiger partial charge in [0.2, 0.25) is 0 Å². The molecule has 14 heavy (non-hydrogen) atoms. The van der Waals surface area contributed by atoms with Crippen LogP contribution in [0.3, 0.4) is 0 Å². The Hall–Kier alpha value is -0.670. The van der Waals surface area contributed by atoms with Gasteiger partial charge in [0, 0.05) is 4.88 Å². The first kappa shape index (κ1) is 11.4. The van der Waals surface area contributed by atoms with E-state index in [4.69, 9.17) is 0 Å². The minimum Gasteiger partial charge on any atom is -0.306 e. The number of aryl methyl sites for hydroxylation is 2. The molecule has 1 atom stereocenters. The van der Waals surface area contributed by atoms with Crippen LogP contribution in [0.15, 0.2) is 12.7 Å². The standard InChI is InChI=1S/C11H18N2S/c1-5-7-12-10(6-2)11-8(3)13-9(4)14-11/h6,10,12H,2,5,7H2,1,3-4H3. The molecule has 78 valence electrons. The van der Waals surface area contributed by atoms with E-state index in [0.717, 1.165) is 23.7 Å². The first-order valence-electron chi connectivity index (χ1n) is 4.99. The van der Waals surface area contributed by atoms with Crippen LogP contribution in [-0.2, 0) is 0 Å². The molecule has 0 fully saturated rings. The Kier molecular flexibility index (Phi) is 4.29. The number of aromatic nitrogens is 1. The fourth-order valence-electron chi connectivity index (χ4n) is 1.42. The zero-order valence-electron chi connectivity index (χ0n) is 9.13. The van der Waals surface area contributed by atoms with E-state index in [2.05, 4.69) is 30.7 Å². The molecular formula is C11H18N2S. The van der Waals surface area contributed by atoms with Crippen molar-refractivity contribution in [2.24, 2.45) is 0 Å². The summed E-state index contributed by atoms with van der Waals surface area (Å²) >= 11 is 1.75. The third kappa shape index (κ3) is 2.66. The molecule has 0 saturated carbocycles. The number of rotatable bonds is 5. The molecule has 1 heterocycles. The third-order valence-electron chi connectivity index (χ3n) is 2.07. The predicted molar refractivity (Wildman–Crippen MR) is 62.8 cm³/mol. The van der Waals surface area contributed by atoms with Crippen molar-refractivity contribution < 1.29 is 0 Å². The Morgan fingerprint density at radius 2 is 2.29 bits per heavy atom. The maximum absolute atomic E-state index is 4.42. The van der Waals surface area contributed by atoms with Crippen LogP contribution in [0.25, 0.3) is 0 Å². The van der Waals surface area contributed by atoms with Gasteiger partial charge >= 0.3 is 0 Å². The molecule has 1 unspecified atom stereocenters. The Bertz CT molecular complexity index is 304. The van der Waals surface area contributed by atoms with Gasteiger partial charge in [0.05, 0.1) is 16.7 Å². The Balaban J connectivity index is 2.77. The summed E-state index contributed by atoms with van der Waals surface area (Å²) in [5.41, 5.74) is 1.13. The molecule has 0 spiro atoms. The second-order valence-corrected chi connectivity index (χ2v) is 4.58. The lowest BCUT2D eigenvalue weighted by Gasteiger charge is -2.12. The van der Waals surface area contributed by atoms with Crippen LogP contribution < -0.4 is 5.32 Å². The van der Waals surface area contributed by atoms with Crippen molar-refractivity contribution in [3.63, 3.8) is 0 Å². The third-order valence-corrected chi connectivity index (χ3v) is 3.23. The van der Waals surface area contributed by atoms with Crippen molar-refractivity contribution >= 4 is 11.3 Å². The molecule has 0 bridgehead atoms. The number of hydrogen-bond donors (Lipinski definition) is 1. The fourth-order valence-corrected chi connectivity index (χ4v) is 2.42. The topological polar surface area (TPSA) is 24.9 Å². The van der Waals surface area contributed by atoms with E-state index in [0.29, 0.717) is 0 Å². The summed E-state index contributed by atoms with van der Waals surface area (Å²) in [7, 11) is 0. The van der Waals surface area contributed by atoms with E-state index in [-0.39, 0.29) is 6.04 Å². The SMILES string of the molecule is C=CC(NCCC)c1sc(C)nc1C. The molecule has 1 rings (SSSR count). The van der Waals surface area contributed by atoms with Gasteiger partial charge < -0.3 is 5.32 Å². The van der Waals surface area contributed by atoms with Gasteiger partial charge in [0.25, 0.3) is 0 Å². The molecule has 0 amide bonds. The van der Waals surface area contributed by atoms with E-state index < -0.39 is 0 Å². The van der Waals surface area contributed by atoms with Gasteiger partial charge in [-0.3, -0.25) is 0 Å². The van der Waals surface area contributed by atoms with E-state index in [1.165, 1.54) is 4.88 Å². The highest BCUT2D eigenvalue weighted by atomic mass is 32.1. The van der Waals surface area contributed by atoms with Crippen LogP contribution in [0.4, 0.5) is 0 Å².